The van der Waals surface area contributed by atoms with Crippen molar-refractivity contribution in [1.82, 2.24) is 14.5 Å². The smallest absolute Gasteiger partial charge is 0.143 e. The van der Waals surface area contributed by atoms with Gasteiger partial charge in [-0.3, -0.25) is 0 Å². The Morgan fingerprint density at radius 1 is 1.34 bits per heavy atom. The highest BCUT2D eigenvalue weighted by Crippen LogP contribution is 2.53. The second-order valence-corrected chi connectivity index (χ2v) is 7.93. The van der Waals surface area contributed by atoms with Gasteiger partial charge in [0, 0.05) is 17.0 Å². The summed E-state index contributed by atoms with van der Waals surface area (Å²) in [7, 11) is 0. The van der Waals surface area contributed by atoms with Crippen LogP contribution in [0.3, 0.4) is 0 Å². The summed E-state index contributed by atoms with van der Waals surface area (Å²) in [6, 6.07) is 5.26. The van der Waals surface area contributed by atoms with Crippen LogP contribution in [0.2, 0.25) is 5.02 Å². The molecule has 0 saturated heterocycles. The molecule has 0 bridgehead atoms. The maximum Gasteiger partial charge on any atom is 0.143 e. The van der Waals surface area contributed by atoms with Crippen molar-refractivity contribution in [2.75, 3.05) is 0 Å². The predicted molar refractivity (Wildman–Crippen MR) is 107 cm³/mol. The number of aliphatic hydroxyl groups excluding tert-OH is 3. The number of aryl methyl sites for hydroxylation is 1. The number of benzene rings is 1. The van der Waals surface area contributed by atoms with Crippen molar-refractivity contribution in [3.63, 3.8) is 0 Å². The summed E-state index contributed by atoms with van der Waals surface area (Å²) in [5, 5.41) is 33.6. The maximum atomic E-state index is 13.9. The van der Waals surface area contributed by atoms with Gasteiger partial charge < -0.3 is 19.9 Å². The van der Waals surface area contributed by atoms with Gasteiger partial charge in [0.2, 0.25) is 0 Å². The van der Waals surface area contributed by atoms with E-state index in [9.17, 15) is 19.7 Å². The molecule has 4 rings (SSSR count). The Bertz CT molecular complexity index is 1090. The molecule has 1 aliphatic rings. The predicted octanol–water partition coefficient (Wildman–Crippen LogP) is 3.10. The van der Waals surface area contributed by atoms with Gasteiger partial charge in [-0.25, -0.2) is 14.4 Å². The zero-order chi connectivity index (χ0) is 20.9. The van der Waals surface area contributed by atoms with Crippen LogP contribution < -0.4 is 0 Å². The number of aromatic nitrogens is 3. The van der Waals surface area contributed by atoms with Gasteiger partial charge in [-0.05, 0) is 37.1 Å². The lowest BCUT2D eigenvalue weighted by atomic mass is 9.75. The highest BCUT2D eigenvalue weighted by Gasteiger charge is 2.56. The minimum absolute atomic E-state index is 0.0626. The third kappa shape index (κ3) is 2.97. The minimum Gasteiger partial charge on any atom is -0.389 e. The van der Waals surface area contributed by atoms with Gasteiger partial charge in [0.15, 0.2) is 0 Å². The van der Waals surface area contributed by atoms with Crippen LogP contribution >= 0.6 is 11.6 Å². The van der Waals surface area contributed by atoms with Crippen LogP contribution in [0.15, 0.2) is 49.4 Å². The number of rotatable bonds is 4. The van der Waals surface area contributed by atoms with Gasteiger partial charge in [-0.2, -0.15) is 0 Å². The van der Waals surface area contributed by atoms with Crippen molar-refractivity contribution >= 4 is 22.6 Å². The highest BCUT2D eigenvalue weighted by atomic mass is 35.5. The van der Waals surface area contributed by atoms with Gasteiger partial charge in [0.05, 0.1) is 29.0 Å². The van der Waals surface area contributed by atoms with Crippen LogP contribution in [-0.4, -0.2) is 42.1 Å². The number of nitrogens with zero attached hydrogens (tertiary/aromatic N) is 3. The highest BCUT2D eigenvalue weighted by molar-refractivity contribution is 6.30. The minimum atomic E-state index is -1.32. The van der Waals surface area contributed by atoms with Crippen molar-refractivity contribution in [2.24, 2.45) is 5.41 Å². The third-order valence-electron chi connectivity index (χ3n) is 6.05. The zero-order valence-corrected chi connectivity index (χ0v) is 16.5. The first-order chi connectivity index (χ1) is 13.8. The zero-order valence-electron chi connectivity index (χ0n) is 15.7. The lowest BCUT2D eigenvalue weighted by Crippen LogP contribution is -2.39. The quantitative estimate of drug-likeness (QED) is 0.567. The normalized spacial score (nSPS) is 28.0. The molecule has 3 aromatic rings. The summed E-state index contributed by atoms with van der Waals surface area (Å²) >= 11 is 5.74. The maximum absolute atomic E-state index is 13.9. The molecule has 2 aromatic heterocycles. The average Bonchev–Trinajstić information content (AvgIpc) is 3.25. The third-order valence-corrected chi connectivity index (χ3v) is 6.35. The van der Waals surface area contributed by atoms with E-state index in [4.69, 9.17) is 11.6 Å². The van der Waals surface area contributed by atoms with E-state index in [-0.39, 0.29) is 17.0 Å². The molecule has 0 aliphatic heterocycles. The molecule has 5 atom stereocenters. The molecule has 152 valence electrons. The van der Waals surface area contributed by atoms with Crippen LogP contribution in [0.4, 0.5) is 4.39 Å². The Balaban J connectivity index is 1.76. The summed E-state index contributed by atoms with van der Waals surface area (Å²) < 4.78 is 15.7. The lowest BCUT2D eigenvalue weighted by Gasteiger charge is -2.35. The topological polar surface area (TPSA) is 91.4 Å². The molecule has 0 radical (unpaired) electrons. The van der Waals surface area contributed by atoms with Crippen LogP contribution in [0, 0.1) is 18.2 Å². The van der Waals surface area contributed by atoms with Crippen molar-refractivity contribution in [1.29, 1.82) is 0 Å². The Morgan fingerprint density at radius 3 is 2.79 bits per heavy atom. The Kier molecular flexibility index (Phi) is 4.94. The summed E-state index contributed by atoms with van der Waals surface area (Å²) in [4.78, 5) is 8.48. The van der Waals surface area contributed by atoms with E-state index in [1.165, 1.54) is 24.5 Å². The van der Waals surface area contributed by atoms with Crippen molar-refractivity contribution in [3.8, 4) is 0 Å². The fourth-order valence-corrected chi connectivity index (χ4v) is 4.46. The molecule has 0 spiro atoms. The van der Waals surface area contributed by atoms with Crippen LogP contribution in [-0.2, 0) is 0 Å². The summed E-state index contributed by atoms with van der Waals surface area (Å²) in [5.74, 6) is -0.671. The first-order valence-corrected chi connectivity index (χ1v) is 9.59. The Morgan fingerprint density at radius 2 is 2.10 bits per heavy atom. The molecule has 1 unspecified atom stereocenters. The Labute approximate surface area is 171 Å². The molecule has 1 aliphatic carbocycles. The summed E-state index contributed by atoms with van der Waals surface area (Å²) in [6.07, 6.45) is 1.03. The van der Waals surface area contributed by atoms with Gasteiger partial charge >= 0.3 is 0 Å². The standard InChI is InChI=1S/C21H21ClFN3O3/c1-3-21(18(28)12-4-5-14(22)15(23)8-12)9-16(17(27)19(21)29)26-7-6-13-11(2)24-10-25-20(13)26/h3-8,10,16-19,27-29H,1,9H2,2H3/t16-,17+,18?,19+,21-/m1/s1. The monoisotopic (exact) mass is 417 g/mol. The molecule has 6 nitrogen and oxygen atoms in total. The molecule has 3 N–H and O–H groups in total. The molecular weight excluding hydrogens is 397 g/mol. The number of fused-ring (bicyclic) bond motifs is 1. The van der Waals surface area contributed by atoms with E-state index in [0.29, 0.717) is 5.65 Å². The second-order valence-electron chi connectivity index (χ2n) is 7.52. The van der Waals surface area contributed by atoms with E-state index in [1.54, 1.807) is 10.8 Å². The van der Waals surface area contributed by atoms with E-state index < -0.39 is 35.6 Å². The molecule has 2 heterocycles. The van der Waals surface area contributed by atoms with Crippen molar-refractivity contribution < 1.29 is 19.7 Å². The van der Waals surface area contributed by atoms with E-state index in [1.807, 2.05) is 13.0 Å². The number of hydrogen-bond acceptors (Lipinski definition) is 5. The summed E-state index contributed by atoms with van der Waals surface area (Å²) in [5.41, 5.74) is 0.381. The van der Waals surface area contributed by atoms with E-state index >= 15 is 0 Å². The fourth-order valence-electron chi connectivity index (χ4n) is 4.34. The van der Waals surface area contributed by atoms with Crippen LogP contribution in [0.5, 0.6) is 0 Å². The molecule has 1 aromatic carbocycles. The van der Waals surface area contributed by atoms with Crippen molar-refractivity contribution in [3.05, 3.63) is 71.5 Å². The van der Waals surface area contributed by atoms with Gasteiger partial charge in [-0.1, -0.05) is 23.7 Å². The summed E-state index contributed by atoms with van der Waals surface area (Å²) in [6.45, 7) is 5.65. The SMILES string of the molecule is C=C[C@]1(C(O)c2ccc(Cl)c(F)c2)C[C@@H](n2ccc3c(C)ncnc32)[C@H](O)[C@@H]1O. The number of hydrogen-bond donors (Lipinski definition) is 3. The van der Waals surface area contributed by atoms with Gasteiger partial charge in [0.1, 0.15) is 23.9 Å². The average molecular weight is 418 g/mol. The van der Waals surface area contributed by atoms with Crippen molar-refractivity contribution in [2.45, 2.75) is 37.7 Å². The van der Waals surface area contributed by atoms with Gasteiger partial charge in [0.25, 0.3) is 0 Å². The molecule has 8 heteroatoms. The molecule has 29 heavy (non-hydrogen) atoms. The first kappa shape index (κ1) is 20.0. The molecule has 1 saturated carbocycles. The first-order valence-electron chi connectivity index (χ1n) is 9.21. The lowest BCUT2D eigenvalue weighted by molar-refractivity contribution is -0.0612. The number of aliphatic hydroxyl groups is 3. The Hall–Kier alpha value is -2.32. The van der Waals surface area contributed by atoms with Crippen LogP contribution in [0.1, 0.15) is 29.8 Å². The molecule has 0 amide bonds. The fraction of sp³-hybridized carbons (Fsp3) is 0.333. The van der Waals surface area contributed by atoms with E-state index in [2.05, 4.69) is 16.5 Å². The van der Waals surface area contributed by atoms with E-state index in [0.717, 1.165) is 17.1 Å². The van der Waals surface area contributed by atoms with Gasteiger partial charge in [-0.15, -0.1) is 6.58 Å². The second kappa shape index (κ2) is 7.18. The molecular formula is C21H21ClFN3O3. The largest absolute Gasteiger partial charge is 0.389 e. The number of halogens is 2. The molecule has 1 fully saturated rings. The van der Waals surface area contributed by atoms with Crippen LogP contribution in [0.25, 0.3) is 11.0 Å².